The van der Waals surface area contributed by atoms with Crippen molar-refractivity contribution in [3.63, 3.8) is 0 Å². The Morgan fingerprint density at radius 2 is 1.81 bits per heavy atom. The SMILES string of the molecule is C[Si](C)(C)CCOCn1ncc2ccc(-c3ccc(=O)n(Cc4ccccc4N)c3)cc21. The number of nitrogen functional groups attached to an aromatic ring is 1. The van der Waals surface area contributed by atoms with E-state index in [9.17, 15) is 4.79 Å². The Bertz CT molecular complexity index is 1290. The standard InChI is InChI=1S/C25H30N4O2Si/c1-32(2,3)13-12-31-18-29-24-14-19(8-9-20(24)15-27-29)21-10-11-25(30)28(16-21)17-22-6-4-5-7-23(22)26/h4-11,14-16H,12-13,17-18,26H2,1-3H3. The molecule has 0 atom stereocenters. The van der Waals surface area contributed by atoms with Crippen LogP contribution in [-0.2, 0) is 18.0 Å². The number of pyridine rings is 1. The van der Waals surface area contributed by atoms with Gasteiger partial charge in [0.2, 0.25) is 0 Å². The first-order valence-corrected chi connectivity index (χ1v) is 14.6. The molecule has 0 bridgehead atoms. The molecule has 2 aromatic heterocycles. The second-order valence-corrected chi connectivity index (χ2v) is 15.0. The molecule has 0 spiro atoms. The molecule has 166 valence electrons. The maximum absolute atomic E-state index is 12.5. The summed E-state index contributed by atoms with van der Waals surface area (Å²) in [5.74, 6) is 0. The van der Waals surface area contributed by atoms with Crippen LogP contribution >= 0.6 is 0 Å². The Labute approximate surface area is 189 Å². The van der Waals surface area contributed by atoms with E-state index in [1.54, 1.807) is 10.6 Å². The monoisotopic (exact) mass is 446 g/mol. The summed E-state index contributed by atoms with van der Waals surface area (Å²) in [5.41, 5.74) is 10.6. The molecule has 0 saturated carbocycles. The zero-order valence-corrected chi connectivity index (χ0v) is 19.9. The van der Waals surface area contributed by atoms with Gasteiger partial charge in [0, 0.05) is 38.0 Å². The molecule has 2 aromatic carbocycles. The van der Waals surface area contributed by atoms with Crippen molar-refractivity contribution in [2.75, 3.05) is 12.3 Å². The molecule has 6 nitrogen and oxygen atoms in total. The highest BCUT2D eigenvalue weighted by Crippen LogP contribution is 2.24. The zero-order valence-electron chi connectivity index (χ0n) is 18.9. The normalized spacial score (nSPS) is 11.8. The fourth-order valence-corrected chi connectivity index (χ4v) is 4.33. The smallest absolute Gasteiger partial charge is 0.250 e. The molecule has 0 amide bonds. The van der Waals surface area contributed by atoms with Crippen LogP contribution in [0.4, 0.5) is 5.69 Å². The fourth-order valence-electron chi connectivity index (χ4n) is 3.57. The maximum atomic E-state index is 12.5. The molecule has 0 fully saturated rings. The average Bonchev–Trinajstić information content (AvgIpc) is 3.16. The van der Waals surface area contributed by atoms with E-state index < -0.39 is 8.07 Å². The van der Waals surface area contributed by atoms with Crippen molar-refractivity contribution >= 4 is 24.7 Å². The van der Waals surface area contributed by atoms with Gasteiger partial charge in [-0.05, 0) is 40.9 Å². The third-order valence-electron chi connectivity index (χ3n) is 5.57. The highest BCUT2D eigenvalue weighted by Gasteiger charge is 2.13. The van der Waals surface area contributed by atoms with Gasteiger partial charge >= 0.3 is 0 Å². The number of nitrogens with two attached hydrogens (primary N) is 1. The molecule has 4 rings (SSSR count). The molecular formula is C25H30N4O2Si. The van der Waals surface area contributed by atoms with E-state index in [1.807, 2.05) is 47.4 Å². The molecule has 2 N–H and O–H groups in total. The van der Waals surface area contributed by atoms with Crippen molar-refractivity contribution in [3.8, 4) is 11.1 Å². The molecule has 7 heteroatoms. The van der Waals surface area contributed by atoms with Crippen LogP contribution in [-0.4, -0.2) is 29.0 Å². The Morgan fingerprint density at radius 1 is 1.03 bits per heavy atom. The minimum atomic E-state index is -1.12. The average molecular weight is 447 g/mol. The second-order valence-electron chi connectivity index (χ2n) is 9.35. The molecular weight excluding hydrogens is 416 g/mol. The lowest BCUT2D eigenvalue weighted by Crippen LogP contribution is -2.22. The van der Waals surface area contributed by atoms with E-state index in [1.165, 1.54) is 0 Å². The number of rotatable bonds is 8. The minimum absolute atomic E-state index is 0.0566. The largest absolute Gasteiger partial charge is 0.398 e. The summed E-state index contributed by atoms with van der Waals surface area (Å²) >= 11 is 0. The van der Waals surface area contributed by atoms with E-state index in [4.69, 9.17) is 10.5 Å². The third kappa shape index (κ3) is 5.18. The number of fused-ring (bicyclic) bond motifs is 1. The number of para-hydroxylation sites is 1. The number of aromatic nitrogens is 3. The van der Waals surface area contributed by atoms with Crippen molar-refractivity contribution in [2.45, 2.75) is 39.0 Å². The summed E-state index contributed by atoms with van der Waals surface area (Å²) in [5, 5.41) is 5.56. The van der Waals surface area contributed by atoms with Crippen molar-refractivity contribution < 1.29 is 4.74 Å². The summed E-state index contributed by atoms with van der Waals surface area (Å²) in [6, 6.07) is 18.4. The minimum Gasteiger partial charge on any atom is -0.398 e. The molecule has 0 aliphatic heterocycles. The first-order chi connectivity index (χ1) is 15.3. The summed E-state index contributed by atoms with van der Waals surface area (Å²) in [6.07, 6.45) is 3.75. The van der Waals surface area contributed by atoms with E-state index in [2.05, 4.69) is 42.9 Å². The van der Waals surface area contributed by atoms with Gasteiger partial charge in [0.25, 0.3) is 5.56 Å². The molecule has 0 aliphatic carbocycles. The first kappa shape index (κ1) is 22.0. The van der Waals surface area contributed by atoms with Crippen molar-refractivity contribution in [3.05, 3.63) is 82.9 Å². The van der Waals surface area contributed by atoms with E-state index in [-0.39, 0.29) is 5.56 Å². The van der Waals surface area contributed by atoms with Gasteiger partial charge in [-0.15, -0.1) is 0 Å². The van der Waals surface area contributed by atoms with E-state index >= 15 is 0 Å². The lowest BCUT2D eigenvalue weighted by atomic mass is 10.1. The summed E-state index contributed by atoms with van der Waals surface area (Å²) in [6.45, 7) is 8.66. The topological polar surface area (TPSA) is 75.1 Å². The van der Waals surface area contributed by atoms with Crippen LogP contribution in [0, 0.1) is 0 Å². The summed E-state index contributed by atoms with van der Waals surface area (Å²) in [7, 11) is -1.12. The number of benzene rings is 2. The number of anilines is 1. The predicted octanol–water partition coefficient (Wildman–Crippen LogP) is 4.81. The van der Waals surface area contributed by atoms with E-state index in [0.29, 0.717) is 19.0 Å². The molecule has 32 heavy (non-hydrogen) atoms. The van der Waals surface area contributed by atoms with Gasteiger partial charge in [0.05, 0.1) is 18.3 Å². The number of nitrogens with zero attached hydrogens (tertiary/aromatic N) is 3. The maximum Gasteiger partial charge on any atom is 0.250 e. The predicted molar refractivity (Wildman–Crippen MR) is 133 cm³/mol. The Balaban J connectivity index is 1.58. The van der Waals surface area contributed by atoms with Crippen molar-refractivity contribution in [2.24, 2.45) is 0 Å². The zero-order chi connectivity index (χ0) is 22.7. The molecule has 0 saturated heterocycles. The number of hydrogen-bond acceptors (Lipinski definition) is 4. The van der Waals surface area contributed by atoms with Gasteiger partial charge in [0.15, 0.2) is 0 Å². The molecule has 4 aromatic rings. The molecule has 2 heterocycles. The fraction of sp³-hybridized carbons (Fsp3) is 0.280. The Morgan fingerprint density at radius 3 is 2.59 bits per heavy atom. The molecule has 0 unspecified atom stereocenters. The van der Waals surface area contributed by atoms with Crippen LogP contribution in [0.25, 0.3) is 22.0 Å². The lowest BCUT2D eigenvalue weighted by molar-refractivity contribution is 0.0817. The molecule has 0 radical (unpaired) electrons. The summed E-state index contributed by atoms with van der Waals surface area (Å²) < 4.78 is 9.49. The van der Waals surface area contributed by atoms with Gasteiger partial charge in [-0.2, -0.15) is 5.10 Å². The lowest BCUT2D eigenvalue weighted by Gasteiger charge is -2.15. The second kappa shape index (κ2) is 9.14. The van der Waals surface area contributed by atoms with Crippen LogP contribution in [0.3, 0.4) is 0 Å². The first-order valence-electron chi connectivity index (χ1n) is 10.9. The van der Waals surface area contributed by atoms with Crippen molar-refractivity contribution in [1.82, 2.24) is 14.3 Å². The number of ether oxygens (including phenoxy) is 1. The van der Waals surface area contributed by atoms with Gasteiger partial charge < -0.3 is 15.0 Å². The van der Waals surface area contributed by atoms with Gasteiger partial charge in [-0.25, -0.2) is 4.68 Å². The van der Waals surface area contributed by atoms with E-state index in [0.717, 1.165) is 40.2 Å². The van der Waals surface area contributed by atoms with Crippen LogP contribution in [0.2, 0.25) is 25.7 Å². The Kier molecular flexibility index (Phi) is 6.30. The highest BCUT2D eigenvalue weighted by molar-refractivity contribution is 6.76. The summed E-state index contributed by atoms with van der Waals surface area (Å²) in [4.78, 5) is 12.5. The highest BCUT2D eigenvalue weighted by atomic mass is 28.3. The Hall–Kier alpha value is -3.16. The number of hydrogen-bond donors (Lipinski definition) is 1. The van der Waals surface area contributed by atoms with Crippen molar-refractivity contribution in [1.29, 1.82) is 0 Å². The van der Waals surface area contributed by atoms with Gasteiger partial charge in [-0.1, -0.05) is 50.0 Å². The van der Waals surface area contributed by atoms with Crippen LogP contribution in [0.5, 0.6) is 0 Å². The third-order valence-corrected chi connectivity index (χ3v) is 7.27. The van der Waals surface area contributed by atoms with Crippen LogP contribution < -0.4 is 11.3 Å². The van der Waals surface area contributed by atoms with Crippen LogP contribution in [0.15, 0.2) is 71.8 Å². The van der Waals surface area contributed by atoms with Gasteiger partial charge in [-0.3, -0.25) is 4.79 Å². The van der Waals surface area contributed by atoms with Crippen LogP contribution in [0.1, 0.15) is 5.56 Å². The quantitative estimate of drug-likeness (QED) is 0.239. The molecule has 0 aliphatic rings. The van der Waals surface area contributed by atoms with Gasteiger partial charge in [0.1, 0.15) is 6.73 Å².